The molecule has 0 radical (unpaired) electrons. The van der Waals surface area contributed by atoms with Gasteiger partial charge in [-0.15, -0.1) is 0 Å². The Morgan fingerprint density at radius 3 is 0.829 bits per heavy atom. The van der Waals surface area contributed by atoms with Crippen LogP contribution in [0.4, 0.5) is 0 Å². The van der Waals surface area contributed by atoms with E-state index >= 15 is 0 Å². The summed E-state index contributed by atoms with van der Waals surface area (Å²) in [5.74, 6) is -0.957. The van der Waals surface area contributed by atoms with Crippen LogP contribution in [0.5, 0.6) is 0 Å². The van der Waals surface area contributed by atoms with Gasteiger partial charge in [-0.25, -0.2) is 0 Å². The number of allylic oxidation sites excluding steroid dienone is 24. The van der Waals surface area contributed by atoms with Gasteiger partial charge in [-0.1, -0.05) is 282 Å². The maximum atomic E-state index is 12.9. The largest absolute Gasteiger partial charge is 0.462 e. The van der Waals surface area contributed by atoms with Crippen LogP contribution in [-0.4, -0.2) is 37.2 Å². The van der Waals surface area contributed by atoms with Crippen molar-refractivity contribution in [1.29, 1.82) is 0 Å². The van der Waals surface area contributed by atoms with Gasteiger partial charge in [-0.05, 0) is 141 Å². The number of carbonyl (C=O) groups is 3. The summed E-state index contributed by atoms with van der Waals surface area (Å²) in [6.07, 6.45) is 98.8. The molecule has 1 atom stereocenters. The summed E-state index contributed by atoms with van der Waals surface area (Å²) in [4.78, 5) is 38.2. The van der Waals surface area contributed by atoms with Crippen molar-refractivity contribution in [3.63, 3.8) is 0 Å². The topological polar surface area (TPSA) is 78.9 Å². The molecule has 82 heavy (non-hydrogen) atoms. The van der Waals surface area contributed by atoms with Crippen LogP contribution in [-0.2, 0) is 28.6 Å². The van der Waals surface area contributed by atoms with Gasteiger partial charge in [0.2, 0.25) is 0 Å². The molecule has 6 heteroatoms. The molecule has 0 aromatic heterocycles. The Bertz CT molecular complexity index is 1780. The highest BCUT2D eigenvalue weighted by Crippen LogP contribution is 2.15. The van der Waals surface area contributed by atoms with E-state index in [1.165, 1.54) is 116 Å². The third kappa shape index (κ3) is 66.1. The highest BCUT2D eigenvalue weighted by atomic mass is 16.6. The number of hydrogen-bond donors (Lipinski definition) is 0. The first-order valence-electron chi connectivity index (χ1n) is 33.8. The van der Waals surface area contributed by atoms with Gasteiger partial charge in [0.15, 0.2) is 6.10 Å². The highest BCUT2D eigenvalue weighted by Gasteiger charge is 2.19. The maximum absolute atomic E-state index is 12.9. The van der Waals surface area contributed by atoms with E-state index in [1.807, 2.05) is 0 Å². The average molecular weight is 1130 g/mol. The zero-order valence-corrected chi connectivity index (χ0v) is 53.2. The summed E-state index contributed by atoms with van der Waals surface area (Å²) < 4.78 is 16.9. The zero-order chi connectivity index (χ0) is 59.2. The van der Waals surface area contributed by atoms with Crippen LogP contribution in [0.3, 0.4) is 0 Å². The Morgan fingerprint density at radius 1 is 0.256 bits per heavy atom. The van der Waals surface area contributed by atoms with Gasteiger partial charge < -0.3 is 14.2 Å². The fourth-order valence-electron chi connectivity index (χ4n) is 9.00. The Balaban J connectivity index is 4.33. The van der Waals surface area contributed by atoms with Gasteiger partial charge >= 0.3 is 17.9 Å². The first-order chi connectivity index (χ1) is 40.5. The van der Waals surface area contributed by atoms with E-state index in [1.54, 1.807) is 0 Å². The minimum atomic E-state index is -0.806. The Morgan fingerprint density at radius 2 is 0.500 bits per heavy atom. The molecule has 0 aromatic rings. The normalized spacial score (nSPS) is 13.1. The first kappa shape index (κ1) is 77.3. The molecule has 0 aliphatic heterocycles. The lowest BCUT2D eigenvalue weighted by atomic mass is 10.1. The van der Waals surface area contributed by atoms with E-state index in [-0.39, 0.29) is 31.1 Å². The van der Waals surface area contributed by atoms with Crippen LogP contribution >= 0.6 is 0 Å². The predicted octanol–water partition coefficient (Wildman–Crippen LogP) is 23.5. The fourth-order valence-corrected chi connectivity index (χ4v) is 9.00. The Hall–Kier alpha value is -4.71. The second kappa shape index (κ2) is 68.8. The lowest BCUT2D eigenvalue weighted by Crippen LogP contribution is -2.30. The summed E-state index contributed by atoms with van der Waals surface area (Å²) in [7, 11) is 0. The van der Waals surface area contributed by atoms with Gasteiger partial charge in [0.1, 0.15) is 13.2 Å². The molecule has 0 saturated carbocycles. The summed E-state index contributed by atoms with van der Waals surface area (Å²) in [5.41, 5.74) is 0. The van der Waals surface area contributed by atoms with Crippen molar-refractivity contribution >= 4 is 17.9 Å². The van der Waals surface area contributed by atoms with E-state index in [0.717, 1.165) is 135 Å². The van der Waals surface area contributed by atoms with Gasteiger partial charge in [0.25, 0.3) is 0 Å². The minimum absolute atomic E-state index is 0.100. The molecule has 0 heterocycles. The molecule has 0 aliphatic rings. The highest BCUT2D eigenvalue weighted by molar-refractivity contribution is 5.71. The number of rotatable bonds is 60. The SMILES string of the molecule is CC/C=C\C/C=C\C/C=C\C/C=C\C/C=C\C/C=C\C/C=C\C/C=C\C/C=C\C/C=C\CCCCC(=O)OCC(COC(=O)CCCCCCC/C=C\CCC)OC(=O)CCCCCCCCCCC/C=C\CCCCCCCCCC. The third-order valence-electron chi connectivity index (χ3n) is 14.0. The van der Waals surface area contributed by atoms with Crippen molar-refractivity contribution in [2.24, 2.45) is 0 Å². The van der Waals surface area contributed by atoms with E-state index in [2.05, 4.69) is 167 Å². The molecular weight excluding hydrogens is 1010 g/mol. The first-order valence-corrected chi connectivity index (χ1v) is 33.8. The fraction of sp³-hybridized carbons (Fsp3) is 0.645. The van der Waals surface area contributed by atoms with Gasteiger partial charge in [-0.2, -0.15) is 0 Å². The number of hydrogen-bond acceptors (Lipinski definition) is 6. The number of unbranched alkanes of at least 4 members (excludes halogenated alkanes) is 25. The minimum Gasteiger partial charge on any atom is -0.462 e. The van der Waals surface area contributed by atoms with Crippen molar-refractivity contribution in [3.05, 3.63) is 146 Å². The van der Waals surface area contributed by atoms with Gasteiger partial charge in [-0.3, -0.25) is 14.4 Å². The Kier molecular flexibility index (Phi) is 64.8. The summed E-state index contributed by atoms with van der Waals surface area (Å²) in [5, 5.41) is 0. The van der Waals surface area contributed by atoms with Crippen molar-refractivity contribution in [1.82, 2.24) is 0 Å². The molecule has 0 rings (SSSR count). The molecule has 0 N–H and O–H groups in total. The van der Waals surface area contributed by atoms with Crippen molar-refractivity contribution in [2.75, 3.05) is 13.2 Å². The lowest BCUT2D eigenvalue weighted by Gasteiger charge is -2.18. The van der Waals surface area contributed by atoms with Crippen LogP contribution in [0.2, 0.25) is 0 Å². The maximum Gasteiger partial charge on any atom is 0.306 e. The number of carbonyl (C=O) groups excluding carboxylic acids is 3. The molecule has 0 spiro atoms. The van der Waals surface area contributed by atoms with Crippen molar-refractivity contribution in [2.45, 2.75) is 303 Å². The van der Waals surface area contributed by atoms with E-state index in [4.69, 9.17) is 14.2 Å². The van der Waals surface area contributed by atoms with E-state index in [9.17, 15) is 14.4 Å². The summed E-state index contributed by atoms with van der Waals surface area (Å²) in [6, 6.07) is 0. The Labute approximate surface area is 506 Å². The molecule has 0 amide bonds. The average Bonchev–Trinajstić information content (AvgIpc) is 3.48. The van der Waals surface area contributed by atoms with Crippen LogP contribution < -0.4 is 0 Å². The smallest absolute Gasteiger partial charge is 0.306 e. The summed E-state index contributed by atoms with van der Waals surface area (Å²) in [6.45, 7) is 6.43. The van der Waals surface area contributed by atoms with Crippen molar-refractivity contribution in [3.8, 4) is 0 Å². The second-order valence-electron chi connectivity index (χ2n) is 22.0. The predicted molar refractivity (Wildman–Crippen MR) is 357 cm³/mol. The molecule has 1 unspecified atom stereocenters. The van der Waals surface area contributed by atoms with Crippen LogP contribution in [0.1, 0.15) is 297 Å². The van der Waals surface area contributed by atoms with Crippen LogP contribution in [0.25, 0.3) is 0 Å². The molecule has 0 aliphatic carbocycles. The standard InChI is InChI=1S/C76H124O6/c1-4-7-10-13-16-19-22-24-26-28-30-32-33-34-35-36-37-38-39-40-41-42-43-45-46-48-50-52-54-57-60-63-66-69-75(78)81-72-73(71-80-74(77)68-65-62-59-56-21-18-15-12-9-6-3)82-76(79)70-67-64-61-58-55-53-51-49-47-44-31-29-27-25-23-20-17-14-11-8-5-2/h7,10,12,15-16,19,24,26,29-32,34-35,37-38,40-41,43,45,48,50,54,57,73H,4-6,8-9,11,13-14,17-18,20-23,25,27-28,33,36,39,42,44,46-47,49,51-53,55-56,58-72H2,1-3H3/b10-7-,15-12-,19-16-,26-24-,31-29-,32-30-,35-34-,38-37-,41-40-,45-43-,50-48-,57-54-. The molecule has 0 fully saturated rings. The van der Waals surface area contributed by atoms with Crippen LogP contribution in [0, 0.1) is 0 Å². The number of ether oxygens (including phenoxy) is 3. The van der Waals surface area contributed by atoms with Crippen molar-refractivity contribution < 1.29 is 28.6 Å². The quantitative estimate of drug-likeness (QED) is 0.0261. The molecule has 0 aromatic carbocycles. The molecule has 464 valence electrons. The van der Waals surface area contributed by atoms with Gasteiger partial charge in [0, 0.05) is 19.3 Å². The third-order valence-corrected chi connectivity index (χ3v) is 14.0. The summed E-state index contributed by atoms with van der Waals surface area (Å²) >= 11 is 0. The molecule has 0 bridgehead atoms. The molecule has 6 nitrogen and oxygen atoms in total. The molecule has 0 saturated heterocycles. The zero-order valence-electron chi connectivity index (χ0n) is 53.2. The van der Waals surface area contributed by atoms with E-state index in [0.29, 0.717) is 25.7 Å². The second-order valence-corrected chi connectivity index (χ2v) is 22.0. The van der Waals surface area contributed by atoms with Crippen LogP contribution in [0.15, 0.2) is 146 Å². The molecular formula is C76H124O6. The number of esters is 3. The lowest BCUT2D eigenvalue weighted by molar-refractivity contribution is -0.167. The van der Waals surface area contributed by atoms with Gasteiger partial charge in [0.05, 0.1) is 0 Å². The van der Waals surface area contributed by atoms with E-state index < -0.39 is 6.10 Å². The monoisotopic (exact) mass is 1130 g/mol.